The Kier molecular flexibility index (Phi) is 7.38. The van der Waals surface area contributed by atoms with Gasteiger partial charge in [-0.15, -0.1) is 0 Å². The minimum Gasteiger partial charge on any atom is -0.496 e. The lowest BCUT2D eigenvalue weighted by Gasteiger charge is -2.32. The van der Waals surface area contributed by atoms with Crippen molar-refractivity contribution in [2.45, 2.75) is 19.4 Å². The Balaban J connectivity index is 1.46. The first kappa shape index (κ1) is 21.0. The van der Waals surface area contributed by atoms with Crippen LogP contribution >= 0.6 is 0 Å². The van der Waals surface area contributed by atoms with Gasteiger partial charge in [-0.25, -0.2) is 0 Å². The van der Waals surface area contributed by atoms with Gasteiger partial charge in [0.2, 0.25) is 5.91 Å². The summed E-state index contributed by atoms with van der Waals surface area (Å²) in [5.74, 6) is 0.272. The number of piperazine rings is 1. The van der Waals surface area contributed by atoms with E-state index in [1.54, 1.807) is 18.2 Å². The van der Waals surface area contributed by atoms with Gasteiger partial charge in [-0.05, 0) is 36.9 Å². The molecule has 1 heterocycles. The number of Topliss-reactive ketones (excluding diaryl/α,β-unsaturated/α-hetero) is 1. The van der Waals surface area contributed by atoms with Crippen LogP contribution in [-0.2, 0) is 11.3 Å². The molecule has 1 aliphatic rings. The Morgan fingerprint density at radius 3 is 2.34 bits per heavy atom. The third-order valence-corrected chi connectivity index (χ3v) is 5.23. The van der Waals surface area contributed by atoms with E-state index in [9.17, 15) is 9.59 Å². The van der Waals surface area contributed by atoms with Gasteiger partial charge < -0.3 is 15.0 Å². The second-order valence-electron chi connectivity index (χ2n) is 7.45. The Labute approximate surface area is 172 Å². The largest absolute Gasteiger partial charge is 0.496 e. The van der Waals surface area contributed by atoms with Crippen molar-refractivity contribution in [3.8, 4) is 5.75 Å². The minimum absolute atomic E-state index is 0.0971. The normalized spacial score (nSPS) is 15.1. The monoisotopic (exact) mass is 395 g/mol. The van der Waals surface area contributed by atoms with E-state index in [1.165, 1.54) is 12.7 Å². The number of likely N-dealkylation sites (N-methyl/N-ethyl adjacent to an activating group) is 1. The second kappa shape index (κ2) is 10.2. The molecule has 1 saturated heterocycles. The molecule has 3 rings (SSSR count). The number of benzene rings is 2. The molecule has 0 saturated carbocycles. The molecular weight excluding hydrogens is 366 g/mol. The summed E-state index contributed by atoms with van der Waals surface area (Å²) in [6, 6.07) is 15.0. The number of anilines is 1. The van der Waals surface area contributed by atoms with Crippen LogP contribution in [0.3, 0.4) is 0 Å². The Morgan fingerprint density at radius 1 is 0.966 bits per heavy atom. The molecule has 0 atom stereocenters. The van der Waals surface area contributed by atoms with Crippen LogP contribution in [0.1, 0.15) is 28.8 Å². The lowest BCUT2D eigenvalue weighted by molar-refractivity contribution is -0.116. The Bertz CT molecular complexity index is 828. The molecule has 0 radical (unpaired) electrons. The van der Waals surface area contributed by atoms with Crippen LogP contribution in [0, 0.1) is 0 Å². The van der Waals surface area contributed by atoms with Crippen molar-refractivity contribution in [1.29, 1.82) is 0 Å². The molecule has 2 aromatic rings. The summed E-state index contributed by atoms with van der Waals surface area (Å²) in [4.78, 5) is 29.4. The molecule has 0 bridgehead atoms. The molecule has 0 aliphatic carbocycles. The molecule has 0 aromatic heterocycles. The van der Waals surface area contributed by atoms with E-state index in [1.807, 2.05) is 30.3 Å². The van der Waals surface area contributed by atoms with Crippen molar-refractivity contribution in [1.82, 2.24) is 9.80 Å². The van der Waals surface area contributed by atoms with Gasteiger partial charge in [0.05, 0.1) is 12.7 Å². The summed E-state index contributed by atoms with van der Waals surface area (Å²) in [6.07, 6.45) is 0.285. The zero-order valence-electron chi connectivity index (χ0n) is 17.2. The number of amides is 1. The Morgan fingerprint density at radius 2 is 1.66 bits per heavy atom. The zero-order chi connectivity index (χ0) is 20.6. The molecule has 1 fully saturated rings. The fraction of sp³-hybridized carbons (Fsp3) is 0.391. The summed E-state index contributed by atoms with van der Waals surface area (Å²) >= 11 is 0. The molecule has 0 unspecified atom stereocenters. The number of carbonyl (C=O) groups is 2. The predicted molar refractivity (Wildman–Crippen MR) is 114 cm³/mol. The predicted octanol–water partition coefficient (Wildman–Crippen LogP) is 3.04. The number of ether oxygens (including phenoxy) is 1. The summed E-state index contributed by atoms with van der Waals surface area (Å²) in [6.45, 7) is 5.28. The fourth-order valence-electron chi connectivity index (χ4n) is 3.42. The fourth-order valence-corrected chi connectivity index (χ4v) is 3.42. The number of carbonyl (C=O) groups excluding carboxylic acids is 2. The molecule has 29 heavy (non-hydrogen) atoms. The van der Waals surface area contributed by atoms with Gasteiger partial charge in [-0.2, -0.15) is 0 Å². The van der Waals surface area contributed by atoms with Crippen LogP contribution in [0.15, 0.2) is 48.5 Å². The van der Waals surface area contributed by atoms with Crippen molar-refractivity contribution in [2.24, 2.45) is 0 Å². The third kappa shape index (κ3) is 6.14. The summed E-state index contributed by atoms with van der Waals surface area (Å²) in [7, 11) is 3.69. The van der Waals surface area contributed by atoms with Crippen molar-refractivity contribution in [3.05, 3.63) is 59.7 Å². The first-order valence-electron chi connectivity index (χ1n) is 10.0. The number of hydrogen-bond donors (Lipinski definition) is 1. The van der Waals surface area contributed by atoms with Crippen LogP contribution in [0.4, 0.5) is 5.69 Å². The highest BCUT2D eigenvalue weighted by Gasteiger charge is 2.15. The molecule has 1 amide bonds. The lowest BCUT2D eigenvalue weighted by atomic mass is 10.1. The molecule has 1 aliphatic heterocycles. The number of para-hydroxylation sites is 1. The maximum absolute atomic E-state index is 12.4. The molecule has 154 valence electrons. The van der Waals surface area contributed by atoms with E-state index in [0.29, 0.717) is 11.3 Å². The smallest absolute Gasteiger partial charge is 0.224 e. The number of nitrogens with zero attached hydrogens (tertiary/aromatic N) is 2. The zero-order valence-corrected chi connectivity index (χ0v) is 17.2. The van der Waals surface area contributed by atoms with Crippen molar-refractivity contribution < 1.29 is 14.3 Å². The van der Waals surface area contributed by atoms with Gasteiger partial charge in [-0.1, -0.05) is 24.3 Å². The van der Waals surface area contributed by atoms with Gasteiger partial charge in [0, 0.05) is 51.3 Å². The SMILES string of the molecule is COc1ccccc1C(=O)CCC(=O)Nc1ccc(CN2CCN(C)CC2)cc1. The molecule has 1 N–H and O–H groups in total. The summed E-state index contributed by atoms with van der Waals surface area (Å²) < 4.78 is 5.21. The molecule has 6 nitrogen and oxygen atoms in total. The average molecular weight is 396 g/mol. The van der Waals surface area contributed by atoms with Gasteiger partial charge in [-0.3, -0.25) is 14.5 Å². The molecule has 6 heteroatoms. The first-order chi connectivity index (χ1) is 14.0. The topological polar surface area (TPSA) is 61.9 Å². The highest BCUT2D eigenvalue weighted by Crippen LogP contribution is 2.20. The van der Waals surface area contributed by atoms with Gasteiger partial charge in [0.25, 0.3) is 0 Å². The molecule has 0 spiro atoms. The van der Waals surface area contributed by atoms with E-state index in [0.717, 1.165) is 38.4 Å². The number of methoxy groups -OCH3 is 1. The van der Waals surface area contributed by atoms with Crippen LogP contribution in [0.25, 0.3) is 0 Å². The van der Waals surface area contributed by atoms with Gasteiger partial charge >= 0.3 is 0 Å². The van der Waals surface area contributed by atoms with E-state index >= 15 is 0 Å². The summed E-state index contributed by atoms with van der Waals surface area (Å²) in [5.41, 5.74) is 2.50. The van der Waals surface area contributed by atoms with Gasteiger partial charge in [0.15, 0.2) is 5.78 Å². The summed E-state index contributed by atoms with van der Waals surface area (Å²) in [5, 5.41) is 2.87. The van der Waals surface area contributed by atoms with E-state index in [4.69, 9.17) is 4.74 Å². The Hall–Kier alpha value is -2.70. The highest BCUT2D eigenvalue weighted by molar-refractivity contribution is 6.01. The van der Waals surface area contributed by atoms with Crippen molar-refractivity contribution in [3.63, 3.8) is 0 Å². The van der Waals surface area contributed by atoms with Crippen molar-refractivity contribution in [2.75, 3.05) is 45.7 Å². The number of rotatable bonds is 8. The highest BCUT2D eigenvalue weighted by atomic mass is 16.5. The van der Waals surface area contributed by atoms with E-state index in [-0.39, 0.29) is 24.5 Å². The van der Waals surface area contributed by atoms with Crippen molar-refractivity contribution >= 4 is 17.4 Å². The minimum atomic E-state index is -0.167. The van der Waals surface area contributed by atoms with E-state index < -0.39 is 0 Å². The third-order valence-electron chi connectivity index (χ3n) is 5.23. The maximum Gasteiger partial charge on any atom is 0.224 e. The standard InChI is InChI=1S/C23H29N3O3/c1-25-13-15-26(16-14-25)17-18-7-9-19(10-8-18)24-23(28)12-11-21(27)20-5-3-4-6-22(20)29-2/h3-10H,11-17H2,1-2H3,(H,24,28). The number of hydrogen-bond acceptors (Lipinski definition) is 5. The van der Waals surface area contributed by atoms with E-state index in [2.05, 4.69) is 22.2 Å². The average Bonchev–Trinajstić information content (AvgIpc) is 2.75. The first-order valence-corrected chi connectivity index (χ1v) is 10.0. The molecular formula is C23H29N3O3. The molecule has 2 aromatic carbocycles. The van der Waals surface area contributed by atoms with Crippen LogP contribution in [-0.4, -0.2) is 61.8 Å². The quantitative estimate of drug-likeness (QED) is 0.696. The van der Waals surface area contributed by atoms with Crippen LogP contribution in [0.5, 0.6) is 5.75 Å². The van der Waals surface area contributed by atoms with Crippen LogP contribution < -0.4 is 10.1 Å². The van der Waals surface area contributed by atoms with Crippen LogP contribution in [0.2, 0.25) is 0 Å². The lowest BCUT2D eigenvalue weighted by Crippen LogP contribution is -2.43. The maximum atomic E-state index is 12.4. The number of ketones is 1. The van der Waals surface area contributed by atoms with Gasteiger partial charge in [0.1, 0.15) is 5.75 Å². The second-order valence-corrected chi connectivity index (χ2v) is 7.45. The number of nitrogens with one attached hydrogen (secondary N) is 1.